The minimum atomic E-state index is -0.340. The van der Waals surface area contributed by atoms with Gasteiger partial charge in [0.15, 0.2) is 11.0 Å². The summed E-state index contributed by atoms with van der Waals surface area (Å²) in [4.78, 5) is 17.7. The number of aromatic nitrogens is 3. The first-order valence-electron chi connectivity index (χ1n) is 12.0. The lowest BCUT2D eigenvalue weighted by molar-refractivity contribution is -0.117. The third-order valence-corrected chi connectivity index (χ3v) is 7.87. The maximum atomic E-state index is 13.7. The minimum Gasteiger partial charge on any atom is -0.311 e. The van der Waals surface area contributed by atoms with Crippen molar-refractivity contribution in [2.75, 3.05) is 24.5 Å². The molecule has 0 unspecified atom stereocenters. The Hall–Kier alpha value is -2.71. The number of likely N-dealkylation sites (tertiary alicyclic amines) is 1. The molecule has 3 aromatic rings. The number of thioether (sulfide) groups is 1. The van der Waals surface area contributed by atoms with Crippen LogP contribution in [0.1, 0.15) is 50.5 Å². The summed E-state index contributed by atoms with van der Waals surface area (Å²) in [5.74, 6) is 0.601. The van der Waals surface area contributed by atoms with Gasteiger partial charge in [0.05, 0.1) is 11.3 Å². The summed E-state index contributed by atoms with van der Waals surface area (Å²) in [6.45, 7) is 6.84. The molecule has 0 spiro atoms. The normalized spacial score (nSPS) is 18.0. The van der Waals surface area contributed by atoms with Crippen LogP contribution in [-0.4, -0.2) is 50.5 Å². The summed E-state index contributed by atoms with van der Waals surface area (Å²) in [6.07, 6.45) is 4.50. The fourth-order valence-electron chi connectivity index (χ4n) is 4.93. The van der Waals surface area contributed by atoms with Crippen molar-refractivity contribution in [3.8, 4) is 5.69 Å². The molecule has 2 aliphatic rings. The zero-order valence-electron chi connectivity index (χ0n) is 19.7. The Labute approximate surface area is 204 Å². The van der Waals surface area contributed by atoms with Gasteiger partial charge in [0.25, 0.3) is 0 Å². The first-order valence-corrected chi connectivity index (χ1v) is 12.9. The lowest BCUT2D eigenvalue weighted by Crippen LogP contribution is -2.35. The summed E-state index contributed by atoms with van der Waals surface area (Å²) in [5.41, 5.74) is 3.01. The summed E-state index contributed by atoms with van der Waals surface area (Å²) < 4.78 is 15.7. The van der Waals surface area contributed by atoms with Gasteiger partial charge in [-0.3, -0.25) is 14.3 Å². The Morgan fingerprint density at radius 3 is 2.47 bits per heavy atom. The molecule has 2 atom stereocenters. The number of fused-ring (bicyclic) bond motifs is 1. The first kappa shape index (κ1) is 23.1. The zero-order chi connectivity index (χ0) is 23.7. The van der Waals surface area contributed by atoms with Crippen LogP contribution in [0.15, 0.2) is 53.7 Å². The van der Waals surface area contributed by atoms with Gasteiger partial charge in [-0.25, -0.2) is 4.39 Å². The van der Waals surface area contributed by atoms with Crippen LogP contribution in [0.5, 0.6) is 0 Å². The molecule has 6 nitrogen and oxygen atoms in total. The van der Waals surface area contributed by atoms with E-state index in [-0.39, 0.29) is 23.0 Å². The van der Waals surface area contributed by atoms with E-state index in [2.05, 4.69) is 28.1 Å². The van der Waals surface area contributed by atoms with Crippen molar-refractivity contribution in [1.29, 1.82) is 0 Å². The number of anilines is 1. The van der Waals surface area contributed by atoms with Crippen molar-refractivity contribution in [3.05, 3.63) is 65.7 Å². The third-order valence-electron chi connectivity index (χ3n) is 6.84. The maximum Gasteiger partial charge on any atom is 0.240 e. The first-order chi connectivity index (χ1) is 16.5. The molecule has 34 heavy (non-hydrogen) atoms. The van der Waals surface area contributed by atoms with Gasteiger partial charge in [-0.1, -0.05) is 36.4 Å². The molecule has 2 aromatic carbocycles. The maximum absolute atomic E-state index is 13.7. The smallest absolute Gasteiger partial charge is 0.240 e. The number of hydrogen-bond acceptors (Lipinski definition) is 5. The van der Waals surface area contributed by atoms with Crippen molar-refractivity contribution in [1.82, 2.24) is 19.7 Å². The van der Waals surface area contributed by atoms with E-state index in [0.717, 1.165) is 36.7 Å². The van der Waals surface area contributed by atoms with Gasteiger partial charge < -0.3 is 4.90 Å². The van der Waals surface area contributed by atoms with Crippen molar-refractivity contribution in [3.63, 3.8) is 0 Å². The van der Waals surface area contributed by atoms with E-state index in [1.54, 1.807) is 12.1 Å². The predicted molar refractivity (Wildman–Crippen MR) is 133 cm³/mol. The zero-order valence-corrected chi connectivity index (χ0v) is 20.5. The number of benzene rings is 2. The second kappa shape index (κ2) is 9.88. The van der Waals surface area contributed by atoms with Crippen molar-refractivity contribution < 1.29 is 9.18 Å². The summed E-state index contributed by atoms with van der Waals surface area (Å²) in [6, 6.07) is 14.6. The van der Waals surface area contributed by atoms with Gasteiger partial charge in [0.1, 0.15) is 5.82 Å². The standard InChI is InChI=1S/C26H30FN5OS/c1-18(30-15-6-3-7-16-30)24-28-29-26(32(24)22-12-10-21(27)11-13-22)34-19(2)25(33)31-17-14-20-8-4-5-9-23(20)31/h4-5,8-13,18-19H,3,6-7,14-17H2,1-2H3/t18-,19+/m1/s1. The molecule has 1 fully saturated rings. The quantitative estimate of drug-likeness (QED) is 0.465. The number of para-hydroxylation sites is 1. The average molecular weight is 480 g/mol. The number of rotatable bonds is 6. The van der Waals surface area contributed by atoms with E-state index in [9.17, 15) is 9.18 Å². The number of carbonyl (C=O) groups is 1. The summed E-state index contributed by atoms with van der Waals surface area (Å²) in [5, 5.41) is 9.39. The average Bonchev–Trinajstić information content (AvgIpc) is 3.49. The molecule has 178 valence electrons. The molecule has 2 aliphatic heterocycles. The van der Waals surface area contributed by atoms with E-state index in [1.807, 2.05) is 34.6 Å². The third kappa shape index (κ3) is 4.49. The molecule has 0 bridgehead atoms. The highest BCUT2D eigenvalue weighted by Crippen LogP contribution is 2.34. The number of nitrogens with zero attached hydrogens (tertiary/aromatic N) is 5. The Morgan fingerprint density at radius 2 is 1.71 bits per heavy atom. The van der Waals surface area contributed by atoms with Gasteiger partial charge in [-0.05, 0) is 82.1 Å². The molecule has 1 aromatic heterocycles. The lowest BCUT2D eigenvalue weighted by atomic mass is 10.1. The molecule has 0 N–H and O–H groups in total. The molecule has 3 heterocycles. The molecular formula is C26H30FN5OS. The molecule has 0 aliphatic carbocycles. The van der Waals surface area contributed by atoms with Crippen LogP contribution in [-0.2, 0) is 11.2 Å². The van der Waals surface area contributed by atoms with E-state index >= 15 is 0 Å². The Bertz CT molecular complexity index is 1160. The van der Waals surface area contributed by atoms with Crippen LogP contribution in [0.2, 0.25) is 0 Å². The Balaban J connectivity index is 1.43. The SMILES string of the molecule is C[C@H](Sc1nnc([C@@H](C)N2CCCCC2)n1-c1ccc(F)cc1)C(=O)N1CCc2ccccc21. The topological polar surface area (TPSA) is 54.3 Å². The van der Waals surface area contributed by atoms with Crippen molar-refractivity contribution in [2.24, 2.45) is 0 Å². The van der Waals surface area contributed by atoms with Crippen LogP contribution in [0.4, 0.5) is 10.1 Å². The van der Waals surface area contributed by atoms with E-state index in [1.165, 1.54) is 48.7 Å². The molecule has 0 radical (unpaired) electrons. The van der Waals surface area contributed by atoms with Gasteiger partial charge in [0.2, 0.25) is 5.91 Å². The van der Waals surface area contributed by atoms with Crippen LogP contribution in [0.3, 0.4) is 0 Å². The number of hydrogen-bond donors (Lipinski definition) is 0. The molecule has 1 amide bonds. The molecular weight excluding hydrogens is 449 g/mol. The number of halogens is 1. The highest BCUT2D eigenvalue weighted by atomic mass is 32.2. The van der Waals surface area contributed by atoms with E-state index in [4.69, 9.17) is 0 Å². The molecule has 5 rings (SSSR count). The Kier molecular flexibility index (Phi) is 6.70. The largest absolute Gasteiger partial charge is 0.311 e. The Morgan fingerprint density at radius 1 is 0.971 bits per heavy atom. The van der Waals surface area contributed by atoms with Gasteiger partial charge >= 0.3 is 0 Å². The highest BCUT2D eigenvalue weighted by molar-refractivity contribution is 8.00. The summed E-state index contributed by atoms with van der Waals surface area (Å²) in [7, 11) is 0. The number of carbonyl (C=O) groups excluding carboxylic acids is 1. The second-order valence-electron chi connectivity index (χ2n) is 9.05. The second-order valence-corrected chi connectivity index (χ2v) is 10.4. The summed E-state index contributed by atoms with van der Waals surface area (Å²) >= 11 is 1.41. The fraction of sp³-hybridized carbons (Fsp3) is 0.423. The molecule has 8 heteroatoms. The molecule has 1 saturated heterocycles. The van der Waals surface area contributed by atoms with E-state index in [0.29, 0.717) is 11.7 Å². The van der Waals surface area contributed by atoms with Gasteiger partial charge in [-0.2, -0.15) is 0 Å². The van der Waals surface area contributed by atoms with E-state index < -0.39 is 0 Å². The van der Waals surface area contributed by atoms with Gasteiger partial charge in [0, 0.05) is 17.9 Å². The predicted octanol–water partition coefficient (Wildman–Crippen LogP) is 5.02. The van der Waals surface area contributed by atoms with Gasteiger partial charge in [-0.15, -0.1) is 10.2 Å². The fourth-order valence-corrected chi connectivity index (χ4v) is 5.86. The minimum absolute atomic E-state index is 0.0641. The van der Waals surface area contributed by atoms with Crippen LogP contribution in [0, 0.1) is 5.82 Å². The number of amides is 1. The van der Waals surface area contributed by atoms with Crippen molar-refractivity contribution in [2.45, 2.75) is 56.0 Å². The molecule has 0 saturated carbocycles. The van der Waals surface area contributed by atoms with Crippen LogP contribution < -0.4 is 4.90 Å². The number of piperidine rings is 1. The highest BCUT2D eigenvalue weighted by Gasteiger charge is 2.31. The van der Waals surface area contributed by atoms with Crippen LogP contribution in [0.25, 0.3) is 5.69 Å². The monoisotopic (exact) mass is 479 g/mol. The lowest BCUT2D eigenvalue weighted by Gasteiger charge is -2.32. The van der Waals surface area contributed by atoms with Crippen molar-refractivity contribution >= 4 is 23.4 Å². The van der Waals surface area contributed by atoms with Crippen LogP contribution >= 0.6 is 11.8 Å².